The van der Waals surface area contributed by atoms with Crippen LogP contribution >= 0.6 is 0 Å². The normalized spacial score (nSPS) is 10.2. The van der Waals surface area contributed by atoms with Crippen LogP contribution in [0.5, 0.6) is 5.75 Å². The van der Waals surface area contributed by atoms with Crippen molar-refractivity contribution < 1.29 is 9.47 Å². The Morgan fingerprint density at radius 3 is 2.40 bits per heavy atom. The highest BCUT2D eigenvalue weighted by Crippen LogP contribution is 2.08. The maximum Gasteiger partial charge on any atom is 0.119 e. The first kappa shape index (κ1) is 12.1. The lowest BCUT2D eigenvalue weighted by atomic mass is 10.3. The Hall–Kier alpha value is -1.02. The van der Waals surface area contributed by atoms with Crippen LogP contribution < -0.4 is 4.74 Å². The lowest BCUT2D eigenvalue weighted by molar-refractivity contribution is 0.117. The molecule has 0 fully saturated rings. The average Bonchev–Trinajstić information content (AvgIpc) is 2.29. The van der Waals surface area contributed by atoms with E-state index >= 15 is 0 Å². The van der Waals surface area contributed by atoms with Gasteiger partial charge in [-0.05, 0) is 18.6 Å². The molecule has 0 spiro atoms. The summed E-state index contributed by atoms with van der Waals surface area (Å²) in [4.78, 5) is 0. The molecular formula is C13H20O2. The third-order valence-corrected chi connectivity index (χ3v) is 2.09. The van der Waals surface area contributed by atoms with Crippen LogP contribution in [0.4, 0.5) is 0 Å². The van der Waals surface area contributed by atoms with Gasteiger partial charge in [0, 0.05) is 19.6 Å². The van der Waals surface area contributed by atoms with Crippen LogP contribution in [0.25, 0.3) is 0 Å². The van der Waals surface area contributed by atoms with Crippen molar-refractivity contribution in [2.45, 2.75) is 26.2 Å². The second-order valence-corrected chi connectivity index (χ2v) is 3.48. The van der Waals surface area contributed by atoms with E-state index in [0.29, 0.717) is 0 Å². The minimum atomic E-state index is 0.732. The van der Waals surface area contributed by atoms with E-state index in [1.54, 1.807) is 0 Å². The highest BCUT2D eigenvalue weighted by molar-refractivity contribution is 5.20. The molecule has 0 aromatic heterocycles. The number of para-hydroxylation sites is 1. The van der Waals surface area contributed by atoms with Crippen molar-refractivity contribution in [1.29, 1.82) is 0 Å². The monoisotopic (exact) mass is 208 g/mol. The first-order valence-corrected chi connectivity index (χ1v) is 5.69. The van der Waals surface area contributed by atoms with Crippen LogP contribution in [0, 0.1) is 0 Å². The van der Waals surface area contributed by atoms with Crippen LogP contribution in [0.3, 0.4) is 0 Å². The summed E-state index contributed by atoms with van der Waals surface area (Å²) in [5.41, 5.74) is 0. The van der Waals surface area contributed by atoms with Crippen LogP contribution in [-0.4, -0.2) is 19.8 Å². The molecule has 84 valence electrons. The van der Waals surface area contributed by atoms with Gasteiger partial charge in [-0.3, -0.25) is 0 Å². The minimum Gasteiger partial charge on any atom is -0.494 e. The summed E-state index contributed by atoms with van der Waals surface area (Å²) in [5, 5.41) is 0. The summed E-state index contributed by atoms with van der Waals surface area (Å²) >= 11 is 0. The van der Waals surface area contributed by atoms with E-state index in [4.69, 9.17) is 9.47 Å². The zero-order chi connectivity index (χ0) is 10.8. The average molecular weight is 208 g/mol. The largest absolute Gasteiger partial charge is 0.494 e. The molecular weight excluding hydrogens is 188 g/mol. The summed E-state index contributed by atoms with van der Waals surface area (Å²) in [7, 11) is 0. The van der Waals surface area contributed by atoms with E-state index in [1.165, 1.54) is 6.42 Å². The molecule has 0 unspecified atom stereocenters. The molecule has 1 aromatic rings. The van der Waals surface area contributed by atoms with Gasteiger partial charge < -0.3 is 9.47 Å². The van der Waals surface area contributed by atoms with Crippen LogP contribution in [0.1, 0.15) is 26.2 Å². The van der Waals surface area contributed by atoms with Gasteiger partial charge in [0.1, 0.15) is 5.75 Å². The van der Waals surface area contributed by atoms with Gasteiger partial charge in [-0.25, -0.2) is 0 Å². The second kappa shape index (κ2) is 8.30. The van der Waals surface area contributed by atoms with Gasteiger partial charge in [-0.1, -0.05) is 31.5 Å². The predicted molar refractivity (Wildman–Crippen MR) is 62.3 cm³/mol. The topological polar surface area (TPSA) is 18.5 Å². The molecule has 0 aliphatic rings. The van der Waals surface area contributed by atoms with Crippen molar-refractivity contribution in [1.82, 2.24) is 0 Å². The highest BCUT2D eigenvalue weighted by Gasteiger charge is 1.92. The molecule has 2 heteroatoms. The predicted octanol–water partition coefficient (Wildman–Crippen LogP) is 3.27. The first-order valence-electron chi connectivity index (χ1n) is 5.69. The summed E-state index contributed by atoms with van der Waals surface area (Å²) in [5.74, 6) is 0.936. The van der Waals surface area contributed by atoms with E-state index in [1.807, 2.05) is 30.3 Å². The van der Waals surface area contributed by atoms with E-state index in [2.05, 4.69) is 6.92 Å². The van der Waals surface area contributed by atoms with Crippen LogP contribution in [0.15, 0.2) is 30.3 Å². The number of ether oxygens (including phenoxy) is 2. The summed E-state index contributed by atoms with van der Waals surface area (Å²) in [6, 6.07) is 9.89. The number of unbranched alkanes of at least 4 members (excludes halogenated alkanes) is 1. The van der Waals surface area contributed by atoms with E-state index in [-0.39, 0.29) is 0 Å². The van der Waals surface area contributed by atoms with Crippen LogP contribution in [-0.2, 0) is 4.74 Å². The minimum absolute atomic E-state index is 0.732. The molecule has 0 radical (unpaired) electrons. The van der Waals surface area contributed by atoms with E-state index in [0.717, 1.165) is 38.4 Å². The molecule has 15 heavy (non-hydrogen) atoms. The number of benzene rings is 1. The number of hydrogen-bond acceptors (Lipinski definition) is 2. The Balaban J connectivity index is 1.93. The quantitative estimate of drug-likeness (QED) is 0.610. The van der Waals surface area contributed by atoms with Crippen molar-refractivity contribution in [3.05, 3.63) is 30.3 Å². The molecule has 1 aromatic carbocycles. The Labute approximate surface area is 92.2 Å². The van der Waals surface area contributed by atoms with Gasteiger partial charge in [0.2, 0.25) is 0 Å². The lowest BCUT2D eigenvalue weighted by Gasteiger charge is -2.06. The Morgan fingerprint density at radius 2 is 1.67 bits per heavy atom. The van der Waals surface area contributed by atoms with Gasteiger partial charge in [-0.15, -0.1) is 0 Å². The maximum atomic E-state index is 5.53. The SMILES string of the molecule is CCCCOCCCOc1ccccc1. The van der Waals surface area contributed by atoms with Gasteiger partial charge >= 0.3 is 0 Å². The van der Waals surface area contributed by atoms with E-state index in [9.17, 15) is 0 Å². The smallest absolute Gasteiger partial charge is 0.119 e. The standard InChI is InChI=1S/C13H20O2/c1-2-3-10-14-11-7-12-15-13-8-5-4-6-9-13/h4-6,8-9H,2-3,7,10-12H2,1H3. The molecule has 0 saturated carbocycles. The molecule has 0 atom stereocenters. The zero-order valence-electron chi connectivity index (χ0n) is 9.45. The highest BCUT2D eigenvalue weighted by atomic mass is 16.5. The Kier molecular flexibility index (Phi) is 6.67. The van der Waals surface area contributed by atoms with Gasteiger partial charge in [0.05, 0.1) is 6.61 Å². The first-order chi connectivity index (χ1) is 7.43. The fraction of sp³-hybridized carbons (Fsp3) is 0.538. The molecule has 0 amide bonds. The van der Waals surface area contributed by atoms with Crippen LogP contribution in [0.2, 0.25) is 0 Å². The Morgan fingerprint density at radius 1 is 0.933 bits per heavy atom. The molecule has 0 aliphatic heterocycles. The van der Waals surface area contributed by atoms with Gasteiger partial charge in [0.25, 0.3) is 0 Å². The molecule has 0 N–H and O–H groups in total. The van der Waals surface area contributed by atoms with Crippen molar-refractivity contribution in [3.8, 4) is 5.75 Å². The molecule has 0 saturated heterocycles. The fourth-order valence-corrected chi connectivity index (χ4v) is 1.22. The third kappa shape index (κ3) is 6.13. The number of hydrogen-bond donors (Lipinski definition) is 0. The van der Waals surface area contributed by atoms with Gasteiger partial charge in [0.15, 0.2) is 0 Å². The molecule has 0 aliphatic carbocycles. The number of rotatable bonds is 8. The summed E-state index contributed by atoms with van der Waals surface area (Å²) in [6.45, 7) is 4.58. The van der Waals surface area contributed by atoms with Crippen molar-refractivity contribution in [2.75, 3.05) is 19.8 Å². The van der Waals surface area contributed by atoms with Gasteiger partial charge in [-0.2, -0.15) is 0 Å². The van der Waals surface area contributed by atoms with E-state index < -0.39 is 0 Å². The summed E-state index contributed by atoms with van der Waals surface area (Å²) < 4.78 is 11.0. The van der Waals surface area contributed by atoms with Crippen molar-refractivity contribution in [2.24, 2.45) is 0 Å². The molecule has 1 rings (SSSR count). The maximum absolute atomic E-state index is 5.53. The molecule has 2 nitrogen and oxygen atoms in total. The van der Waals surface area contributed by atoms with Crippen molar-refractivity contribution in [3.63, 3.8) is 0 Å². The lowest BCUT2D eigenvalue weighted by Crippen LogP contribution is -2.03. The molecule has 0 bridgehead atoms. The fourth-order valence-electron chi connectivity index (χ4n) is 1.22. The second-order valence-electron chi connectivity index (χ2n) is 3.48. The Bertz CT molecular complexity index is 234. The summed E-state index contributed by atoms with van der Waals surface area (Å²) in [6.07, 6.45) is 3.30. The molecule has 0 heterocycles. The zero-order valence-corrected chi connectivity index (χ0v) is 9.45. The third-order valence-electron chi connectivity index (χ3n) is 2.09. The van der Waals surface area contributed by atoms with Crippen molar-refractivity contribution >= 4 is 0 Å².